The van der Waals surface area contributed by atoms with Gasteiger partial charge in [0.05, 0.1) is 28.7 Å². The first-order valence-corrected chi connectivity index (χ1v) is 14.4. The number of hydrogen-bond acceptors (Lipinski definition) is 5. The van der Waals surface area contributed by atoms with Crippen molar-refractivity contribution in [2.45, 2.75) is 57.1 Å². The van der Waals surface area contributed by atoms with E-state index in [0.717, 1.165) is 67.2 Å². The molecule has 0 bridgehead atoms. The first-order chi connectivity index (χ1) is 17.1. The average Bonchev–Trinajstić information content (AvgIpc) is 3.10. The Bertz CT molecular complexity index is 1110. The lowest BCUT2D eigenvalue weighted by Gasteiger charge is -2.38. The molecule has 0 aliphatic carbocycles. The third-order valence-electron chi connectivity index (χ3n) is 7.43. The summed E-state index contributed by atoms with van der Waals surface area (Å²) in [6.45, 7) is 10.2. The van der Waals surface area contributed by atoms with Gasteiger partial charge in [0.1, 0.15) is 12.4 Å². The molecular weight excluding hydrogens is 501 g/mol. The normalized spacial score (nSPS) is 19.0. The van der Waals surface area contributed by atoms with Crippen molar-refractivity contribution in [2.75, 3.05) is 44.5 Å². The molecule has 3 heterocycles. The molecule has 2 aromatic rings. The number of fused-ring (bicyclic) bond motifs is 2. The topological polar surface area (TPSA) is 71.5 Å². The number of nitrogens with one attached hydrogen (secondary N) is 1. The number of ether oxygens (including phenoxy) is 1. The van der Waals surface area contributed by atoms with E-state index in [1.807, 2.05) is 45.0 Å². The predicted molar refractivity (Wildman–Crippen MR) is 145 cm³/mol. The Balaban J connectivity index is 0.00000115. The van der Waals surface area contributed by atoms with Crippen molar-refractivity contribution < 1.29 is 18.1 Å². The van der Waals surface area contributed by atoms with Gasteiger partial charge >= 0.3 is 0 Å². The standard InChI is InChI=1S/C25H32ClN3O3S.C2H5F/c1-5-24(3,33(4)31)22-17(2)14-19(16-27-22)32-13-12-29-10-8-25(9-11-29)20-15-18(26)6-7-21(20)28-23(25)30;1-2-3/h6-7,14-16H,5,8-13H2,1-4H3,(H,28,30);2H2,1H3. The highest BCUT2D eigenvalue weighted by Crippen LogP contribution is 2.45. The minimum atomic E-state index is -1.01. The molecule has 4 rings (SSSR count). The Morgan fingerprint density at radius 3 is 2.53 bits per heavy atom. The van der Waals surface area contributed by atoms with Crippen LogP contribution < -0.4 is 10.1 Å². The number of anilines is 1. The molecule has 2 aliphatic rings. The number of piperidine rings is 1. The van der Waals surface area contributed by atoms with Crippen molar-refractivity contribution in [3.8, 4) is 5.75 Å². The number of benzene rings is 1. The number of aromatic nitrogens is 1. The molecule has 6 nitrogen and oxygen atoms in total. The van der Waals surface area contributed by atoms with Gasteiger partial charge < -0.3 is 10.1 Å². The van der Waals surface area contributed by atoms with Gasteiger partial charge in [-0.1, -0.05) is 18.5 Å². The number of hydrogen-bond donors (Lipinski definition) is 1. The van der Waals surface area contributed by atoms with Gasteiger partial charge in [-0.15, -0.1) is 0 Å². The molecule has 2 atom stereocenters. The molecule has 1 amide bonds. The fraction of sp³-hybridized carbons (Fsp3) is 0.556. The molecule has 0 saturated carbocycles. The van der Waals surface area contributed by atoms with E-state index in [-0.39, 0.29) is 12.6 Å². The van der Waals surface area contributed by atoms with Gasteiger partial charge in [0.2, 0.25) is 5.91 Å². The summed E-state index contributed by atoms with van der Waals surface area (Å²) in [7, 11) is -1.01. The van der Waals surface area contributed by atoms with E-state index in [9.17, 15) is 13.4 Å². The van der Waals surface area contributed by atoms with Crippen LogP contribution >= 0.6 is 11.6 Å². The highest BCUT2D eigenvalue weighted by Gasteiger charge is 2.48. The Morgan fingerprint density at radius 2 is 1.94 bits per heavy atom. The fourth-order valence-electron chi connectivity index (χ4n) is 5.02. The Hall–Kier alpha value is -2.03. The molecule has 1 N–H and O–H groups in total. The zero-order chi connectivity index (χ0) is 26.5. The van der Waals surface area contributed by atoms with Gasteiger partial charge in [-0.3, -0.25) is 23.3 Å². The van der Waals surface area contributed by atoms with E-state index in [1.54, 1.807) is 12.5 Å². The monoisotopic (exact) mass is 537 g/mol. The van der Waals surface area contributed by atoms with Crippen LogP contribution in [0.15, 0.2) is 30.5 Å². The molecule has 1 fully saturated rings. The number of nitrogens with zero attached hydrogens (tertiary/aromatic N) is 2. The maximum atomic E-state index is 12.8. The molecule has 1 aromatic carbocycles. The quantitative estimate of drug-likeness (QED) is 0.513. The summed E-state index contributed by atoms with van der Waals surface area (Å²) in [5.41, 5.74) is 3.31. The third-order valence-corrected chi connectivity index (χ3v) is 9.42. The minimum absolute atomic E-state index is 0.0874. The second kappa shape index (κ2) is 12.0. The summed E-state index contributed by atoms with van der Waals surface area (Å²) >= 11 is 6.21. The summed E-state index contributed by atoms with van der Waals surface area (Å²) in [4.78, 5) is 19.7. The SMILES string of the molecule is CCC(C)(c1ncc(OCCN2CCC3(CC2)C(=O)Nc2ccc(Cl)cc23)cc1C)S(C)=O.CCF. The van der Waals surface area contributed by atoms with Gasteiger partial charge in [-0.05, 0) is 88.5 Å². The number of aryl methyl sites for hydroxylation is 1. The molecule has 9 heteroatoms. The largest absolute Gasteiger partial charge is 0.491 e. The molecule has 36 heavy (non-hydrogen) atoms. The van der Waals surface area contributed by atoms with E-state index in [0.29, 0.717) is 11.6 Å². The van der Waals surface area contributed by atoms with E-state index >= 15 is 0 Å². The van der Waals surface area contributed by atoms with Crippen LogP contribution in [-0.2, 0) is 25.8 Å². The van der Waals surface area contributed by atoms with Crippen LogP contribution in [0.25, 0.3) is 0 Å². The Kier molecular flexibility index (Phi) is 9.52. The van der Waals surface area contributed by atoms with E-state index in [1.165, 1.54) is 6.92 Å². The van der Waals surface area contributed by atoms with E-state index in [4.69, 9.17) is 16.3 Å². The van der Waals surface area contributed by atoms with Gasteiger partial charge in [0, 0.05) is 34.3 Å². The number of alkyl halides is 1. The van der Waals surface area contributed by atoms with Crippen LogP contribution in [0, 0.1) is 6.92 Å². The molecule has 1 spiro atoms. The summed E-state index contributed by atoms with van der Waals surface area (Å²) in [5, 5.41) is 3.70. The first-order valence-electron chi connectivity index (χ1n) is 12.4. The summed E-state index contributed by atoms with van der Waals surface area (Å²) in [6, 6.07) is 7.63. The molecule has 2 aliphatic heterocycles. The Labute approximate surface area is 221 Å². The average molecular weight is 538 g/mol. The van der Waals surface area contributed by atoms with Crippen LogP contribution in [0.5, 0.6) is 5.75 Å². The molecule has 1 saturated heterocycles. The molecule has 0 radical (unpaired) electrons. The highest BCUT2D eigenvalue weighted by molar-refractivity contribution is 7.85. The number of halogens is 2. The Morgan fingerprint density at radius 1 is 1.28 bits per heavy atom. The van der Waals surface area contributed by atoms with Crippen molar-refractivity contribution in [1.29, 1.82) is 0 Å². The predicted octanol–water partition coefficient (Wildman–Crippen LogP) is 5.39. The number of carbonyl (C=O) groups excluding carboxylic acids is 1. The zero-order valence-corrected chi connectivity index (χ0v) is 23.4. The second-order valence-corrected chi connectivity index (χ2v) is 11.8. The van der Waals surface area contributed by atoms with Gasteiger partial charge in [0.25, 0.3) is 0 Å². The maximum Gasteiger partial charge on any atom is 0.235 e. The van der Waals surface area contributed by atoms with Gasteiger partial charge in [-0.25, -0.2) is 0 Å². The smallest absolute Gasteiger partial charge is 0.235 e. The lowest BCUT2D eigenvalue weighted by molar-refractivity contribution is -0.122. The van der Waals surface area contributed by atoms with Gasteiger partial charge in [0.15, 0.2) is 0 Å². The fourth-order valence-corrected chi connectivity index (χ4v) is 6.09. The molecular formula is C27H37ClFN3O3S. The van der Waals surface area contributed by atoms with Crippen molar-refractivity contribution in [1.82, 2.24) is 9.88 Å². The van der Waals surface area contributed by atoms with Gasteiger partial charge in [-0.2, -0.15) is 0 Å². The number of amides is 1. The lowest BCUT2D eigenvalue weighted by Crippen LogP contribution is -2.47. The zero-order valence-electron chi connectivity index (χ0n) is 21.8. The summed E-state index contributed by atoms with van der Waals surface area (Å²) in [6.07, 6.45) is 5.77. The number of likely N-dealkylation sites (tertiary alicyclic amines) is 1. The van der Waals surface area contributed by atoms with Crippen molar-refractivity contribution in [3.05, 3.63) is 52.3 Å². The van der Waals surface area contributed by atoms with Crippen LogP contribution in [-0.4, -0.2) is 59.2 Å². The van der Waals surface area contributed by atoms with Crippen LogP contribution in [0.3, 0.4) is 0 Å². The van der Waals surface area contributed by atoms with Crippen LogP contribution in [0.1, 0.15) is 56.9 Å². The first kappa shape index (κ1) is 28.5. The molecule has 2 unspecified atom stereocenters. The lowest BCUT2D eigenvalue weighted by atomic mass is 9.73. The van der Waals surface area contributed by atoms with Crippen LogP contribution in [0.2, 0.25) is 5.02 Å². The highest BCUT2D eigenvalue weighted by atomic mass is 35.5. The summed E-state index contributed by atoms with van der Waals surface area (Å²) in [5.74, 6) is 0.813. The minimum Gasteiger partial charge on any atom is -0.491 e. The number of rotatable bonds is 7. The molecule has 1 aromatic heterocycles. The number of carbonyl (C=O) groups is 1. The second-order valence-electron chi connectivity index (χ2n) is 9.56. The van der Waals surface area contributed by atoms with Crippen molar-refractivity contribution in [2.24, 2.45) is 0 Å². The molecule has 198 valence electrons. The maximum absolute atomic E-state index is 12.8. The van der Waals surface area contributed by atoms with Crippen molar-refractivity contribution >= 4 is 34.0 Å². The van der Waals surface area contributed by atoms with E-state index < -0.39 is 21.0 Å². The number of pyridine rings is 1. The van der Waals surface area contributed by atoms with Crippen molar-refractivity contribution in [3.63, 3.8) is 0 Å². The third kappa shape index (κ3) is 5.76. The van der Waals surface area contributed by atoms with Crippen LogP contribution in [0.4, 0.5) is 10.1 Å². The van der Waals surface area contributed by atoms with E-state index in [2.05, 4.69) is 15.2 Å². The summed E-state index contributed by atoms with van der Waals surface area (Å²) < 4.78 is 28.1.